The lowest BCUT2D eigenvalue weighted by Crippen LogP contribution is -2.19. The summed E-state index contributed by atoms with van der Waals surface area (Å²) in [7, 11) is 0. The fourth-order valence-electron chi connectivity index (χ4n) is 1.67. The molecule has 1 N–H and O–H groups in total. The van der Waals surface area contributed by atoms with Gasteiger partial charge in [-0.25, -0.2) is 0 Å². The van der Waals surface area contributed by atoms with Crippen LogP contribution in [0.3, 0.4) is 0 Å². The molecule has 2 rings (SSSR count). The number of rotatable bonds is 5. The minimum atomic E-state index is -4.33. The van der Waals surface area contributed by atoms with Gasteiger partial charge in [-0.1, -0.05) is 29.8 Å². The van der Waals surface area contributed by atoms with Crippen LogP contribution in [-0.4, -0.2) is 12.8 Å². The lowest BCUT2D eigenvalue weighted by Gasteiger charge is -2.11. The van der Waals surface area contributed by atoms with Crippen LogP contribution >= 0.6 is 11.6 Å². The average molecular weight is 316 g/mol. The van der Waals surface area contributed by atoms with Crippen molar-refractivity contribution in [3.8, 4) is 5.75 Å². The van der Waals surface area contributed by atoms with E-state index < -0.39 is 12.8 Å². The third kappa shape index (κ3) is 5.19. The molecule has 0 saturated carbocycles. The largest absolute Gasteiger partial charge is 0.484 e. The van der Waals surface area contributed by atoms with E-state index >= 15 is 0 Å². The van der Waals surface area contributed by atoms with Gasteiger partial charge < -0.3 is 10.1 Å². The average Bonchev–Trinajstić information content (AvgIpc) is 2.45. The zero-order valence-corrected chi connectivity index (χ0v) is 11.7. The van der Waals surface area contributed by atoms with E-state index in [-0.39, 0.29) is 5.75 Å². The number of alkyl halides is 3. The van der Waals surface area contributed by atoms with Gasteiger partial charge in [-0.05, 0) is 35.9 Å². The quantitative estimate of drug-likeness (QED) is 0.848. The number of anilines is 1. The predicted octanol–water partition coefficient (Wildman–Crippen LogP) is 4.89. The molecule has 0 amide bonds. The molecule has 6 heteroatoms. The van der Waals surface area contributed by atoms with E-state index in [2.05, 4.69) is 10.1 Å². The molecule has 0 fully saturated rings. The second-order valence-electron chi connectivity index (χ2n) is 4.37. The van der Waals surface area contributed by atoms with E-state index in [1.54, 1.807) is 18.2 Å². The number of ether oxygens (including phenoxy) is 1. The van der Waals surface area contributed by atoms with E-state index in [0.29, 0.717) is 11.6 Å². The first kappa shape index (κ1) is 15.5. The van der Waals surface area contributed by atoms with Crippen molar-refractivity contribution in [2.45, 2.75) is 12.7 Å². The molecule has 2 aromatic rings. The maximum Gasteiger partial charge on any atom is 0.422 e. The molecule has 0 saturated heterocycles. The molecule has 2 aromatic carbocycles. The molecule has 0 aromatic heterocycles. The number of hydrogen-bond donors (Lipinski definition) is 1. The smallest absolute Gasteiger partial charge is 0.422 e. The van der Waals surface area contributed by atoms with Gasteiger partial charge in [0.2, 0.25) is 0 Å². The second-order valence-corrected chi connectivity index (χ2v) is 4.78. The molecule has 0 aliphatic carbocycles. The lowest BCUT2D eigenvalue weighted by molar-refractivity contribution is -0.153. The Morgan fingerprint density at radius 3 is 2.29 bits per heavy atom. The summed E-state index contributed by atoms with van der Waals surface area (Å²) in [6.07, 6.45) is -4.33. The van der Waals surface area contributed by atoms with Crippen LogP contribution in [-0.2, 0) is 6.54 Å². The van der Waals surface area contributed by atoms with Crippen LogP contribution in [0.1, 0.15) is 5.56 Å². The van der Waals surface area contributed by atoms with E-state index in [9.17, 15) is 13.2 Å². The summed E-state index contributed by atoms with van der Waals surface area (Å²) in [5, 5.41) is 3.80. The van der Waals surface area contributed by atoms with Crippen molar-refractivity contribution >= 4 is 17.3 Å². The third-order valence-electron chi connectivity index (χ3n) is 2.70. The van der Waals surface area contributed by atoms with Crippen molar-refractivity contribution in [2.75, 3.05) is 11.9 Å². The first-order valence-corrected chi connectivity index (χ1v) is 6.59. The Kier molecular flexibility index (Phi) is 4.96. The topological polar surface area (TPSA) is 21.3 Å². The Bertz CT molecular complexity index is 584. The highest BCUT2D eigenvalue weighted by molar-refractivity contribution is 6.31. The molecule has 21 heavy (non-hydrogen) atoms. The molecular formula is C15H13ClF3NO. The first-order chi connectivity index (χ1) is 9.94. The number of nitrogens with one attached hydrogen (secondary N) is 1. The number of benzene rings is 2. The Morgan fingerprint density at radius 1 is 1.00 bits per heavy atom. The van der Waals surface area contributed by atoms with Crippen LogP contribution in [0.25, 0.3) is 0 Å². The summed E-state index contributed by atoms with van der Waals surface area (Å²) >= 11 is 6.03. The van der Waals surface area contributed by atoms with Gasteiger partial charge in [0, 0.05) is 17.3 Å². The van der Waals surface area contributed by atoms with Crippen LogP contribution in [0.15, 0.2) is 48.5 Å². The predicted molar refractivity (Wildman–Crippen MR) is 76.8 cm³/mol. The third-order valence-corrected chi connectivity index (χ3v) is 3.07. The van der Waals surface area contributed by atoms with Crippen LogP contribution in [0.5, 0.6) is 5.75 Å². The van der Waals surface area contributed by atoms with Gasteiger partial charge in [0.25, 0.3) is 0 Å². The molecule has 0 unspecified atom stereocenters. The zero-order chi connectivity index (χ0) is 15.3. The number of hydrogen-bond acceptors (Lipinski definition) is 2. The van der Waals surface area contributed by atoms with Crippen LogP contribution in [0, 0.1) is 0 Å². The SMILES string of the molecule is FC(F)(F)COc1ccc(NCc2ccccc2Cl)cc1. The summed E-state index contributed by atoms with van der Waals surface area (Å²) in [5.74, 6) is 0.176. The van der Waals surface area contributed by atoms with Gasteiger partial charge in [-0.2, -0.15) is 13.2 Å². The van der Waals surface area contributed by atoms with Crippen LogP contribution in [0.2, 0.25) is 5.02 Å². The summed E-state index contributed by atoms with van der Waals surface area (Å²) in [6, 6.07) is 13.7. The zero-order valence-electron chi connectivity index (χ0n) is 11.0. The fourth-order valence-corrected chi connectivity index (χ4v) is 1.88. The summed E-state index contributed by atoms with van der Waals surface area (Å²) in [6.45, 7) is -0.762. The molecule has 0 heterocycles. The Morgan fingerprint density at radius 2 is 1.67 bits per heavy atom. The summed E-state index contributed by atoms with van der Waals surface area (Å²) in [5.41, 5.74) is 1.71. The van der Waals surface area contributed by atoms with E-state index in [4.69, 9.17) is 11.6 Å². The van der Waals surface area contributed by atoms with Gasteiger partial charge in [0.15, 0.2) is 6.61 Å². The molecule has 2 nitrogen and oxygen atoms in total. The van der Waals surface area contributed by atoms with Crippen molar-refractivity contribution in [1.29, 1.82) is 0 Å². The van der Waals surface area contributed by atoms with Crippen LogP contribution in [0.4, 0.5) is 18.9 Å². The first-order valence-electron chi connectivity index (χ1n) is 6.21. The van der Waals surface area contributed by atoms with Gasteiger partial charge in [-0.15, -0.1) is 0 Å². The van der Waals surface area contributed by atoms with E-state index in [0.717, 1.165) is 11.3 Å². The second kappa shape index (κ2) is 6.72. The van der Waals surface area contributed by atoms with E-state index in [1.165, 1.54) is 12.1 Å². The molecule has 0 aliphatic heterocycles. The van der Waals surface area contributed by atoms with Crippen molar-refractivity contribution in [1.82, 2.24) is 0 Å². The van der Waals surface area contributed by atoms with Crippen molar-refractivity contribution < 1.29 is 17.9 Å². The minimum absolute atomic E-state index is 0.176. The Balaban J connectivity index is 1.89. The summed E-state index contributed by atoms with van der Waals surface area (Å²) in [4.78, 5) is 0. The molecule has 0 spiro atoms. The normalized spacial score (nSPS) is 11.2. The Labute approximate surface area is 125 Å². The maximum absolute atomic E-state index is 12.0. The monoisotopic (exact) mass is 315 g/mol. The van der Waals surface area contributed by atoms with Crippen LogP contribution < -0.4 is 10.1 Å². The highest BCUT2D eigenvalue weighted by atomic mass is 35.5. The van der Waals surface area contributed by atoms with Gasteiger partial charge in [-0.3, -0.25) is 0 Å². The van der Waals surface area contributed by atoms with Gasteiger partial charge >= 0.3 is 6.18 Å². The number of halogens is 4. The van der Waals surface area contributed by atoms with Crippen molar-refractivity contribution in [3.63, 3.8) is 0 Å². The minimum Gasteiger partial charge on any atom is -0.484 e. The molecule has 0 atom stereocenters. The Hall–Kier alpha value is -1.88. The van der Waals surface area contributed by atoms with Gasteiger partial charge in [0.05, 0.1) is 0 Å². The standard InChI is InChI=1S/C15H13ClF3NO/c16-14-4-2-1-3-11(14)9-20-12-5-7-13(8-6-12)21-10-15(17,18)19/h1-8,20H,9-10H2. The molecule has 112 valence electrons. The molecular weight excluding hydrogens is 303 g/mol. The van der Waals surface area contributed by atoms with E-state index in [1.807, 2.05) is 18.2 Å². The molecule has 0 bridgehead atoms. The fraction of sp³-hybridized carbons (Fsp3) is 0.200. The lowest BCUT2D eigenvalue weighted by atomic mass is 10.2. The maximum atomic E-state index is 12.0. The van der Waals surface area contributed by atoms with Gasteiger partial charge in [0.1, 0.15) is 5.75 Å². The molecule has 0 aliphatic rings. The summed E-state index contributed by atoms with van der Waals surface area (Å²) < 4.78 is 40.7. The highest BCUT2D eigenvalue weighted by Gasteiger charge is 2.28. The van der Waals surface area contributed by atoms with Crippen molar-refractivity contribution in [3.05, 3.63) is 59.1 Å². The molecule has 0 radical (unpaired) electrons. The van der Waals surface area contributed by atoms with Crippen molar-refractivity contribution in [2.24, 2.45) is 0 Å². The highest BCUT2D eigenvalue weighted by Crippen LogP contribution is 2.21.